The first kappa shape index (κ1) is 13.3. The van der Waals surface area contributed by atoms with Gasteiger partial charge in [-0.1, -0.05) is 36.2 Å². The highest BCUT2D eigenvalue weighted by atomic mass is 35.5. The standard InChI is InChI=1S/C11H13Cl2NO2/c1-2-6-14-10(11(15)16)9-7(12)4-3-5-8(9)13/h3-5,10,14H,2,6H2,1H3,(H,15,16). The van der Waals surface area contributed by atoms with E-state index in [1.54, 1.807) is 18.2 Å². The smallest absolute Gasteiger partial charge is 0.325 e. The van der Waals surface area contributed by atoms with Crippen molar-refractivity contribution in [3.8, 4) is 0 Å². The van der Waals surface area contributed by atoms with Gasteiger partial charge in [-0.3, -0.25) is 4.79 Å². The molecule has 1 aromatic rings. The van der Waals surface area contributed by atoms with Crippen LogP contribution in [0.25, 0.3) is 0 Å². The molecular formula is C11H13Cl2NO2. The monoisotopic (exact) mass is 261 g/mol. The first-order valence-corrected chi connectivity index (χ1v) is 5.73. The van der Waals surface area contributed by atoms with Crippen molar-refractivity contribution in [3.05, 3.63) is 33.8 Å². The molecule has 0 saturated heterocycles. The topological polar surface area (TPSA) is 49.3 Å². The van der Waals surface area contributed by atoms with Gasteiger partial charge < -0.3 is 10.4 Å². The summed E-state index contributed by atoms with van der Waals surface area (Å²) >= 11 is 11.9. The van der Waals surface area contributed by atoms with Gasteiger partial charge in [0.2, 0.25) is 0 Å². The lowest BCUT2D eigenvalue weighted by Gasteiger charge is -2.16. The van der Waals surface area contributed by atoms with Crippen LogP contribution in [0.1, 0.15) is 24.9 Å². The van der Waals surface area contributed by atoms with Crippen molar-refractivity contribution in [3.63, 3.8) is 0 Å². The van der Waals surface area contributed by atoms with E-state index in [0.29, 0.717) is 22.2 Å². The molecule has 0 amide bonds. The molecule has 16 heavy (non-hydrogen) atoms. The van der Waals surface area contributed by atoms with E-state index in [-0.39, 0.29) is 0 Å². The van der Waals surface area contributed by atoms with Crippen LogP contribution >= 0.6 is 23.2 Å². The van der Waals surface area contributed by atoms with Crippen molar-refractivity contribution in [2.75, 3.05) is 6.54 Å². The normalized spacial score (nSPS) is 12.4. The van der Waals surface area contributed by atoms with E-state index in [1.807, 2.05) is 6.92 Å². The molecule has 0 aromatic heterocycles. The summed E-state index contributed by atoms with van der Waals surface area (Å²) in [7, 11) is 0. The number of benzene rings is 1. The second-order valence-electron chi connectivity index (χ2n) is 3.36. The molecule has 0 aliphatic rings. The molecule has 2 N–H and O–H groups in total. The molecular weight excluding hydrogens is 249 g/mol. The molecule has 5 heteroatoms. The molecule has 1 atom stereocenters. The van der Waals surface area contributed by atoms with Gasteiger partial charge in [0, 0.05) is 15.6 Å². The molecule has 1 unspecified atom stereocenters. The van der Waals surface area contributed by atoms with E-state index in [0.717, 1.165) is 6.42 Å². The summed E-state index contributed by atoms with van der Waals surface area (Å²) in [6, 6.07) is 4.09. The predicted molar refractivity (Wildman–Crippen MR) is 65.1 cm³/mol. The number of aliphatic carboxylic acids is 1. The Morgan fingerprint density at radius 2 is 2.00 bits per heavy atom. The van der Waals surface area contributed by atoms with Crippen LogP contribution in [0.5, 0.6) is 0 Å². The molecule has 0 spiro atoms. The van der Waals surface area contributed by atoms with Crippen LogP contribution in [0.4, 0.5) is 0 Å². The Kier molecular flexibility index (Phi) is 5.06. The number of hydrogen-bond acceptors (Lipinski definition) is 2. The third-order valence-electron chi connectivity index (χ3n) is 2.13. The Hall–Kier alpha value is -0.770. The van der Waals surface area contributed by atoms with E-state index in [1.165, 1.54) is 0 Å². The van der Waals surface area contributed by atoms with Gasteiger partial charge in [0.05, 0.1) is 0 Å². The van der Waals surface area contributed by atoms with Crippen LogP contribution in [0.15, 0.2) is 18.2 Å². The van der Waals surface area contributed by atoms with Crippen molar-refractivity contribution >= 4 is 29.2 Å². The molecule has 1 rings (SSSR count). The summed E-state index contributed by atoms with van der Waals surface area (Å²) < 4.78 is 0. The Balaban J connectivity index is 3.05. The van der Waals surface area contributed by atoms with E-state index in [4.69, 9.17) is 28.3 Å². The van der Waals surface area contributed by atoms with Crippen LogP contribution in [0.2, 0.25) is 10.0 Å². The lowest BCUT2D eigenvalue weighted by atomic mass is 10.1. The highest BCUT2D eigenvalue weighted by molar-refractivity contribution is 6.36. The van der Waals surface area contributed by atoms with Gasteiger partial charge in [-0.15, -0.1) is 0 Å². The summed E-state index contributed by atoms with van der Waals surface area (Å²) in [6.07, 6.45) is 0.839. The van der Waals surface area contributed by atoms with Crippen molar-refractivity contribution in [1.82, 2.24) is 5.32 Å². The molecule has 0 aliphatic carbocycles. The maximum Gasteiger partial charge on any atom is 0.325 e. The Morgan fingerprint density at radius 1 is 1.44 bits per heavy atom. The highest BCUT2D eigenvalue weighted by Gasteiger charge is 2.23. The van der Waals surface area contributed by atoms with Crippen LogP contribution in [0.3, 0.4) is 0 Å². The molecule has 0 heterocycles. The van der Waals surface area contributed by atoms with Crippen molar-refractivity contribution < 1.29 is 9.90 Å². The minimum absolute atomic E-state index is 0.364. The first-order valence-electron chi connectivity index (χ1n) is 4.98. The van der Waals surface area contributed by atoms with Gasteiger partial charge in [-0.05, 0) is 25.1 Å². The number of halogens is 2. The average Bonchev–Trinajstić information content (AvgIpc) is 2.21. The summed E-state index contributed by atoms with van der Waals surface area (Å²) in [6.45, 7) is 2.55. The molecule has 1 aromatic carbocycles. The van der Waals surface area contributed by atoms with Crippen LogP contribution in [-0.2, 0) is 4.79 Å². The van der Waals surface area contributed by atoms with Crippen molar-refractivity contribution in [2.45, 2.75) is 19.4 Å². The second kappa shape index (κ2) is 6.09. The maximum absolute atomic E-state index is 11.1. The Bertz CT molecular complexity index is 362. The lowest BCUT2D eigenvalue weighted by molar-refractivity contribution is -0.139. The van der Waals surface area contributed by atoms with Crippen molar-refractivity contribution in [1.29, 1.82) is 0 Å². The fourth-order valence-electron chi connectivity index (χ4n) is 1.39. The fourth-order valence-corrected chi connectivity index (χ4v) is 2.00. The second-order valence-corrected chi connectivity index (χ2v) is 4.18. The van der Waals surface area contributed by atoms with E-state index in [2.05, 4.69) is 5.32 Å². The summed E-state index contributed by atoms with van der Waals surface area (Å²) in [5, 5.41) is 12.7. The zero-order chi connectivity index (χ0) is 12.1. The molecule has 0 fully saturated rings. The largest absolute Gasteiger partial charge is 0.480 e. The van der Waals surface area contributed by atoms with Gasteiger partial charge in [0.1, 0.15) is 6.04 Å². The number of carbonyl (C=O) groups is 1. The third kappa shape index (κ3) is 3.11. The van der Waals surface area contributed by atoms with Gasteiger partial charge in [-0.25, -0.2) is 0 Å². The van der Waals surface area contributed by atoms with E-state index < -0.39 is 12.0 Å². The predicted octanol–water partition coefficient (Wildman–Crippen LogP) is 3.12. The van der Waals surface area contributed by atoms with Crippen LogP contribution < -0.4 is 5.32 Å². The number of carboxylic acids is 1. The van der Waals surface area contributed by atoms with Crippen LogP contribution in [-0.4, -0.2) is 17.6 Å². The Labute approximate surface area is 104 Å². The molecule has 0 aliphatic heterocycles. The minimum atomic E-state index is -0.983. The van der Waals surface area contributed by atoms with Gasteiger partial charge in [-0.2, -0.15) is 0 Å². The number of nitrogens with one attached hydrogen (secondary N) is 1. The van der Waals surface area contributed by atoms with E-state index >= 15 is 0 Å². The molecule has 0 radical (unpaired) electrons. The summed E-state index contributed by atoms with van der Waals surface area (Å²) in [5.74, 6) is -0.983. The molecule has 88 valence electrons. The number of hydrogen-bond donors (Lipinski definition) is 2. The summed E-state index contributed by atoms with van der Waals surface area (Å²) in [4.78, 5) is 11.1. The zero-order valence-corrected chi connectivity index (χ0v) is 10.3. The first-order chi connectivity index (χ1) is 7.57. The SMILES string of the molecule is CCCNC(C(=O)O)c1c(Cl)cccc1Cl. The minimum Gasteiger partial charge on any atom is -0.480 e. The van der Waals surface area contributed by atoms with Gasteiger partial charge in [0.15, 0.2) is 0 Å². The van der Waals surface area contributed by atoms with Crippen LogP contribution in [0, 0.1) is 0 Å². The highest BCUT2D eigenvalue weighted by Crippen LogP contribution is 2.30. The third-order valence-corrected chi connectivity index (χ3v) is 2.79. The average molecular weight is 262 g/mol. The molecule has 0 bridgehead atoms. The van der Waals surface area contributed by atoms with Gasteiger partial charge >= 0.3 is 5.97 Å². The Morgan fingerprint density at radius 3 is 2.44 bits per heavy atom. The fraction of sp³-hybridized carbons (Fsp3) is 0.364. The van der Waals surface area contributed by atoms with Crippen molar-refractivity contribution in [2.24, 2.45) is 0 Å². The molecule has 3 nitrogen and oxygen atoms in total. The number of rotatable bonds is 5. The maximum atomic E-state index is 11.1. The van der Waals surface area contributed by atoms with Gasteiger partial charge in [0.25, 0.3) is 0 Å². The number of carboxylic acid groups (broad SMARTS) is 1. The molecule has 0 saturated carbocycles. The quantitative estimate of drug-likeness (QED) is 0.857. The lowest BCUT2D eigenvalue weighted by Crippen LogP contribution is -2.29. The zero-order valence-electron chi connectivity index (χ0n) is 8.84. The summed E-state index contributed by atoms with van der Waals surface area (Å²) in [5.41, 5.74) is 0.423. The van der Waals surface area contributed by atoms with E-state index in [9.17, 15) is 4.79 Å².